The van der Waals surface area contributed by atoms with E-state index in [1.165, 1.54) is 25.0 Å². The van der Waals surface area contributed by atoms with E-state index in [4.69, 9.17) is 5.73 Å². The second-order valence-electron chi connectivity index (χ2n) is 4.19. The Morgan fingerprint density at radius 3 is 2.73 bits per heavy atom. The fourth-order valence-electron chi connectivity index (χ4n) is 2.11. The van der Waals surface area contributed by atoms with Gasteiger partial charge >= 0.3 is 0 Å². The van der Waals surface area contributed by atoms with Gasteiger partial charge in [-0.2, -0.15) is 0 Å². The predicted molar refractivity (Wildman–Crippen MR) is 59.0 cm³/mol. The maximum Gasteiger partial charge on any atom is 0.123 e. The number of hydrogen-bond acceptors (Lipinski definition) is 2. The second-order valence-corrected chi connectivity index (χ2v) is 4.19. The first-order chi connectivity index (χ1) is 7.25. The molecule has 2 atom stereocenters. The summed E-state index contributed by atoms with van der Waals surface area (Å²) in [5.74, 6) is -0.204. The summed E-state index contributed by atoms with van der Waals surface area (Å²) in [6, 6.07) is 7.03. The van der Waals surface area contributed by atoms with E-state index in [1.807, 2.05) is 0 Å². The minimum Gasteiger partial charge on any atom is -0.324 e. The van der Waals surface area contributed by atoms with Crippen LogP contribution < -0.4 is 11.1 Å². The molecule has 1 fully saturated rings. The van der Waals surface area contributed by atoms with Gasteiger partial charge in [-0.1, -0.05) is 12.1 Å². The molecule has 0 spiro atoms. The quantitative estimate of drug-likeness (QED) is 0.797. The molecular weight excluding hydrogens is 191 g/mol. The van der Waals surface area contributed by atoms with Crippen LogP contribution in [0.3, 0.4) is 0 Å². The normalized spacial score (nSPS) is 22.9. The molecule has 1 aromatic rings. The van der Waals surface area contributed by atoms with E-state index in [-0.39, 0.29) is 11.9 Å². The molecule has 82 valence electrons. The highest BCUT2D eigenvalue weighted by atomic mass is 19.1. The van der Waals surface area contributed by atoms with Crippen LogP contribution in [0.1, 0.15) is 30.9 Å². The van der Waals surface area contributed by atoms with E-state index in [9.17, 15) is 4.39 Å². The van der Waals surface area contributed by atoms with Gasteiger partial charge in [0.2, 0.25) is 0 Å². The smallest absolute Gasteiger partial charge is 0.123 e. The summed E-state index contributed by atoms with van der Waals surface area (Å²) in [6.07, 6.45) is 3.38. The molecule has 3 heteroatoms. The highest BCUT2D eigenvalue weighted by Crippen LogP contribution is 2.20. The van der Waals surface area contributed by atoms with Crippen LogP contribution in [-0.2, 0) is 0 Å². The van der Waals surface area contributed by atoms with Crippen LogP contribution in [0, 0.1) is 5.82 Å². The van der Waals surface area contributed by atoms with E-state index in [1.54, 1.807) is 12.1 Å². The SMILES string of the molecule is NC(CC1CCCN1)c1ccc(F)cc1. The van der Waals surface area contributed by atoms with Crippen LogP contribution in [0.2, 0.25) is 0 Å². The zero-order valence-corrected chi connectivity index (χ0v) is 8.75. The van der Waals surface area contributed by atoms with Gasteiger partial charge in [-0.25, -0.2) is 4.39 Å². The molecule has 0 aliphatic carbocycles. The Hall–Kier alpha value is -0.930. The Bertz CT molecular complexity index is 304. The lowest BCUT2D eigenvalue weighted by molar-refractivity contribution is 0.498. The zero-order valence-electron chi connectivity index (χ0n) is 8.75. The molecule has 1 aromatic carbocycles. The van der Waals surface area contributed by atoms with Gasteiger partial charge in [0.05, 0.1) is 0 Å². The minimum atomic E-state index is -0.204. The molecule has 0 radical (unpaired) electrons. The van der Waals surface area contributed by atoms with Crippen LogP contribution in [0.25, 0.3) is 0 Å². The van der Waals surface area contributed by atoms with Gasteiger partial charge in [0, 0.05) is 12.1 Å². The van der Waals surface area contributed by atoms with Crippen molar-refractivity contribution in [1.29, 1.82) is 0 Å². The average Bonchev–Trinajstić information content (AvgIpc) is 2.71. The highest BCUT2D eigenvalue weighted by Gasteiger charge is 2.18. The van der Waals surface area contributed by atoms with E-state index >= 15 is 0 Å². The molecule has 0 aromatic heterocycles. The lowest BCUT2D eigenvalue weighted by Crippen LogP contribution is -2.26. The van der Waals surface area contributed by atoms with Crippen LogP contribution in [0.15, 0.2) is 24.3 Å². The monoisotopic (exact) mass is 208 g/mol. The summed E-state index contributed by atoms with van der Waals surface area (Å²) in [4.78, 5) is 0. The molecule has 2 unspecified atom stereocenters. The summed E-state index contributed by atoms with van der Waals surface area (Å²) in [5.41, 5.74) is 7.08. The van der Waals surface area contributed by atoms with Gasteiger partial charge in [0.15, 0.2) is 0 Å². The van der Waals surface area contributed by atoms with Crippen molar-refractivity contribution >= 4 is 0 Å². The fraction of sp³-hybridized carbons (Fsp3) is 0.500. The number of benzene rings is 1. The first-order valence-corrected chi connectivity index (χ1v) is 5.50. The Labute approximate surface area is 89.7 Å². The van der Waals surface area contributed by atoms with Crippen LogP contribution in [-0.4, -0.2) is 12.6 Å². The van der Waals surface area contributed by atoms with Gasteiger partial charge in [0.1, 0.15) is 5.82 Å². The summed E-state index contributed by atoms with van der Waals surface area (Å²) >= 11 is 0. The Kier molecular flexibility index (Phi) is 3.34. The Morgan fingerprint density at radius 2 is 2.13 bits per heavy atom. The van der Waals surface area contributed by atoms with Gasteiger partial charge in [-0.3, -0.25) is 0 Å². The minimum absolute atomic E-state index is 0.0150. The molecule has 1 aliphatic rings. The summed E-state index contributed by atoms with van der Waals surface area (Å²) in [7, 11) is 0. The predicted octanol–water partition coefficient (Wildman–Crippen LogP) is 1.97. The summed E-state index contributed by atoms with van der Waals surface area (Å²) in [5, 5.41) is 3.41. The molecule has 0 amide bonds. The van der Waals surface area contributed by atoms with Crippen molar-refractivity contribution in [3.05, 3.63) is 35.6 Å². The molecule has 0 saturated carbocycles. The molecule has 1 heterocycles. The van der Waals surface area contributed by atoms with Gasteiger partial charge in [-0.15, -0.1) is 0 Å². The first kappa shape index (κ1) is 10.6. The first-order valence-electron chi connectivity index (χ1n) is 5.50. The van der Waals surface area contributed by atoms with E-state index in [2.05, 4.69) is 5.32 Å². The summed E-state index contributed by atoms with van der Waals surface area (Å²) in [6.45, 7) is 1.10. The number of nitrogens with two attached hydrogens (primary N) is 1. The lowest BCUT2D eigenvalue weighted by Gasteiger charge is -2.17. The molecule has 2 rings (SSSR count). The molecule has 2 nitrogen and oxygen atoms in total. The molecule has 3 N–H and O–H groups in total. The third kappa shape index (κ3) is 2.76. The summed E-state index contributed by atoms with van der Waals surface area (Å²) < 4.78 is 12.7. The third-order valence-electron chi connectivity index (χ3n) is 3.00. The maximum atomic E-state index is 12.7. The Morgan fingerprint density at radius 1 is 1.40 bits per heavy atom. The number of rotatable bonds is 3. The molecule has 1 saturated heterocycles. The van der Waals surface area contributed by atoms with Crippen molar-refractivity contribution < 1.29 is 4.39 Å². The molecule has 0 bridgehead atoms. The van der Waals surface area contributed by atoms with Crippen molar-refractivity contribution in [2.75, 3.05) is 6.54 Å². The Balaban J connectivity index is 1.94. The van der Waals surface area contributed by atoms with Crippen LogP contribution in [0.4, 0.5) is 4.39 Å². The highest BCUT2D eigenvalue weighted by molar-refractivity contribution is 5.19. The second kappa shape index (κ2) is 4.73. The fourth-order valence-corrected chi connectivity index (χ4v) is 2.11. The van der Waals surface area contributed by atoms with Crippen molar-refractivity contribution in [2.24, 2.45) is 5.73 Å². The number of halogens is 1. The van der Waals surface area contributed by atoms with E-state index in [0.717, 1.165) is 18.5 Å². The van der Waals surface area contributed by atoms with Crippen molar-refractivity contribution in [1.82, 2.24) is 5.32 Å². The average molecular weight is 208 g/mol. The lowest BCUT2D eigenvalue weighted by atomic mass is 9.99. The maximum absolute atomic E-state index is 12.7. The number of nitrogens with one attached hydrogen (secondary N) is 1. The standard InChI is InChI=1S/C12H17FN2/c13-10-5-3-9(4-6-10)12(14)8-11-2-1-7-15-11/h3-6,11-12,15H,1-2,7-8,14H2. The van der Waals surface area contributed by atoms with Crippen LogP contribution >= 0.6 is 0 Å². The number of hydrogen-bond donors (Lipinski definition) is 2. The van der Waals surface area contributed by atoms with Gasteiger partial charge < -0.3 is 11.1 Å². The van der Waals surface area contributed by atoms with E-state index in [0.29, 0.717) is 6.04 Å². The molecule has 1 aliphatic heterocycles. The van der Waals surface area contributed by atoms with Crippen molar-refractivity contribution in [3.8, 4) is 0 Å². The zero-order chi connectivity index (χ0) is 10.7. The third-order valence-corrected chi connectivity index (χ3v) is 3.00. The van der Waals surface area contributed by atoms with E-state index < -0.39 is 0 Å². The van der Waals surface area contributed by atoms with Crippen molar-refractivity contribution in [2.45, 2.75) is 31.3 Å². The van der Waals surface area contributed by atoms with Crippen molar-refractivity contribution in [3.63, 3.8) is 0 Å². The molecular formula is C12H17FN2. The largest absolute Gasteiger partial charge is 0.324 e. The topological polar surface area (TPSA) is 38.0 Å². The van der Waals surface area contributed by atoms with Gasteiger partial charge in [-0.05, 0) is 43.5 Å². The molecule has 15 heavy (non-hydrogen) atoms. The van der Waals surface area contributed by atoms with Gasteiger partial charge in [0.25, 0.3) is 0 Å². The van der Waals surface area contributed by atoms with Crippen LogP contribution in [0.5, 0.6) is 0 Å².